The summed E-state index contributed by atoms with van der Waals surface area (Å²) in [4.78, 5) is 1.48. The first kappa shape index (κ1) is 25.9. The van der Waals surface area contributed by atoms with Crippen molar-refractivity contribution in [1.82, 2.24) is 0 Å². The molecule has 0 bridgehead atoms. The number of ether oxygens (including phenoxy) is 4. The van der Waals surface area contributed by atoms with Gasteiger partial charge in [0.2, 0.25) is 16.9 Å². The maximum atomic E-state index is 5.60. The van der Waals surface area contributed by atoms with E-state index >= 15 is 0 Å². The summed E-state index contributed by atoms with van der Waals surface area (Å²) < 4.78 is 24.8. The lowest BCUT2D eigenvalue weighted by Gasteiger charge is -2.15. The van der Waals surface area contributed by atoms with Gasteiger partial charge in [0.1, 0.15) is 23.0 Å². The summed E-state index contributed by atoms with van der Waals surface area (Å²) in [7, 11) is 6.73. The smallest absolute Gasteiger partial charge is 0.231 e. The highest BCUT2D eigenvalue weighted by Gasteiger charge is 2.30. The van der Waals surface area contributed by atoms with Gasteiger partial charge in [0, 0.05) is 18.6 Å². The van der Waals surface area contributed by atoms with Crippen molar-refractivity contribution >= 4 is 11.3 Å². The second-order valence-corrected chi connectivity index (χ2v) is 9.51. The van der Waals surface area contributed by atoms with Gasteiger partial charge < -0.3 is 31.4 Å². The summed E-state index contributed by atoms with van der Waals surface area (Å²) >= 11 is 1.85. The molecule has 5 rings (SSSR count). The molecule has 7 heteroatoms. The fourth-order valence-corrected chi connectivity index (χ4v) is 5.87. The Morgan fingerprint density at radius 1 is 0.667 bits per heavy atom. The molecule has 0 atom stereocenters. The topological polar surface area (TPSA) is 40.8 Å². The molecule has 36 heavy (non-hydrogen) atoms. The van der Waals surface area contributed by atoms with Crippen LogP contribution in [0.2, 0.25) is 0 Å². The molecule has 4 aromatic rings. The minimum atomic E-state index is 0. The molecule has 3 aromatic carbocycles. The van der Waals surface area contributed by atoms with Gasteiger partial charge in [-0.05, 0) is 66.8 Å². The summed E-state index contributed by atoms with van der Waals surface area (Å²) in [6, 6.07) is 18.5. The van der Waals surface area contributed by atoms with E-state index in [0.717, 1.165) is 63.8 Å². The van der Waals surface area contributed by atoms with Crippen molar-refractivity contribution in [3.8, 4) is 50.9 Å². The van der Waals surface area contributed by atoms with Crippen LogP contribution >= 0.6 is 11.3 Å². The lowest BCUT2D eigenvalue weighted by molar-refractivity contribution is -0.598. The fraction of sp³-hybridized carbons (Fsp3) is 0.276. The van der Waals surface area contributed by atoms with Crippen LogP contribution in [0.25, 0.3) is 27.9 Å². The zero-order chi connectivity index (χ0) is 24.4. The Kier molecular flexibility index (Phi) is 8.07. The molecule has 1 aromatic heterocycles. The van der Waals surface area contributed by atoms with Crippen molar-refractivity contribution in [3.63, 3.8) is 0 Å². The van der Waals surface area contributed by atoms with Gasteiger partial charge in [-0.25, -0.2) is 0 Å². The monoisotopic (exact) mass is 523 g/mol. The minimum Gasteiger partial charge on any atom is -1.00 e. The largest absolute Gasteiger partial charge is 1.00 e. The van der Waals surface area contributed by atoms with Gasteiger partial charge in [0.15, 0.2) is 0 Å². The minimum absolute atomic E-state index is 0. The fourth-order valence-electron chi connectivity index (χ4n) is 4.81. The lowest BCUT2D eigenvalue weighted by atomic mass is 9.94. The number of hydrogen-bond acceptors (Lipinski definition) is 5. The average Bonchev–Trinajstić information content (AvgIpc) is 3.35. The molecule has 1 aliphatic rings. The van der Waals surface area contributed by atoms with Crippen molar-refractivity contribution in [2.75, 3.05) is 28.4 Å². The summed E-state index contributed by atoms with van der Waals surface area (Å²) in [5.74, 6) is 3.04. The molecule has 1 heterocycles. The Bertz CT molecular complexity index is 1250. The highest BCUT2D eigenvalue weighted by molar-refractivity contribution is 7.09. The van der Waals surface area contributed by atoms with Crippen molar-refractivity contribution in [2.24, 2.45) is 0 Å². The Hall–Kier alpha value is -3.22. The highest BCUT2D eigenvalue weighted by Crippen LogP contribution is 2.39. The van der Waals surface area contributed by atoms with Crippen LogP contribution in [-0.4, -0.2) is 28.4 Å². The van der Waals surface area contributed by atoms with Crippen LogP contribution in [0.5, 0.6) is 23.0 Å². The summed E-state index contributed by atoms with van der Waals surface area (Å²) in [5, 5.41) is 0. The normalized spacial score (nSPS) is 12.3. The average molecular weight is 524 g/mol. The van der Waals surface area contributed by atoms with E-state index in [1.54, 1.807) is 28.4 Å². The molecule has 0 saturated carbocycles. The van der Waals surface area contributed by atoms with E-state index < -0.39 is 0 Å². The third-order valence-corrected chi connectivity index (χ3v) is 7.62. The number of fused-ring (bicyclic) bond motifs is 1. The van der Waals surface area contributed by atoms with E-state index in [2.05, 4.69) is 52.5 Å². The molecule has 0 unspecified atom stereocenters. The van der Waals surface area contributed by atoms with E-state index in [1.165, 1.54) is 23.4 Å². The third-order valence-electron chi connectivity index (χ3n) is 6.58. The number of para-hydroxylation sites is 1. The Balaban J connectivity index is 0.00000304. The highest BCUT2D eigenvalue weighted by atomic mass is 35.5. The second-order valence-electron chi connectivity index (χ2n) is 8.57. The molecule has 0 fully saturated rings. The zero-order valence-corrected chi connectivity index (χ0v) is 22.5. The predicted molar refractivity (Wildman–Crippen MR) is 140 cm³/mol. The van der Waals surface area contributed by atoms with Crippen LogP contribution in [0.4, 0.5) is 0 Å². The SMILES string of the molecule is COc1cc(OC)cc(-c2cccc(-c3cc(OC)cc(OC)c3)c2-[n+]2csc3c2CCCC3)c1.[Cl-]. The molecule has 0 aliphatic heterocycles. The number of rotatable bonds is 7. The molecule has 0 amide bonds. The van der Waals surface area contributed by atoms with E-state index in [-0.39, 0.29) is 12.4 Å². The standard InChI is InChI=1S/C29H30NO4S.ClH/c1-31-21-12-19(13-22(16-21)32-2)25-8-7-9-26(20-14-23(33-3)17-24(15-20)34-4)29(25)30-18-35-28-11-6-5-10-27(28)30;/h7-9,12-18H,5-6,10-11H2,1-4H3;1H/q+1;/p-1. The van der Waals surface area contributed by atoms with E-state index in [0.29, 0.717) is 0 Å². The van der Waals surface area contributed by atoms with Crippen molar-refractivity contribution in [3.05, 3.63) is 70.7 Å². The molecular formula is C29H30ClNO4S. The maximum Gasteiger partial charge on any atom is 0.231 e. The first-order valence-corrected chi connectivity index (χ1v) is 12.6. The maximum absolute atomic E-state index is 5.60. The quantitative estimate of drug-likeness (QED) is 0.349. The molecule has 1 aliphatic carbocycles. The number of aromatic nitrogens is 1. The van der Waals surface area contributed by atoms with Gasteiger partial charge in [0.05, 0.1) is 44.4 Å². The van der Waals surface area contributed by atoms with Gasteiger partial charge in [-0.15, -0.1) is 0 Å². The molecule has 0 saturated heterocycles. The van der Waals surface area contributed by atoms with Crippen molar-refractivity contribution in [2.45, 2.75) is 25.7 Å². The number of benzene rings is 3. The number of aryl methyl sites for hydroxylation is 1. The van der Waals surface area contributed by atoms with Crippen LogP contribution in [0.15, 0.2) is 60.1 Å². The predicted octanol–water partition coefficient (Wildman–Crippen LogP) is 3.28. The van der Waals surface area contributed by atoms with Gasteiger partial charge in [-0.3, -0.25) is 0 Å². The van der Waals surface area contributed by atoms with Crippen LogP contribution < -0.4 is 35.9 Å². The van der Waals surface area contributed by atoms with Crippen LogP contribution in [-0.2, 0) is 12.8 Å². The van der Waals surface area contributed by atoms with E-state index in [4.69, 9.17) is 18.9 Å². The molecule has 0 N–H and O–H groups in total. The number of thiazole rings is 1. The van der Waals surface area contributed by atoms with Crippen molar-refractivity contribution in [1.29, 1.82) is 0 Å². The van der Waals surface area contributed by atoms with Gasteiger partial charge in [0.25, 0.3) is 0 Å². The molecule has 5 nitrogen and oxygen atoms in total. The summed E-state index contributed by atoms with van der Waals surface area (Å²) in [6.45, 7) is 0. The number of nitrogens with zero attached hydrogens (tertiary/aromatic N) is 1. The van der Waals surface area contributed by atoms with Crippen molar-refractivity contribution < 1.29 is 35.9 Å². The second kappa shape index (κ2) is 11.2. The van der Waals surface area contributed by atoms with Gasteiger partial charge >= 0.3 is 0 Å². The van der Waals surface area contributed by atoms with Gasteiger partial charge in [-0.1, -0.05) is 17.4 Å². The summed E-state index contributed by atoms with van der Waals surface area (Å²) in [6.07, 6.45) is 4.68. The summed E-state index contributed by atoms with van der Waals surface area (Å²) in [5.41, 5.74) is 9.09. The molecule has 188 valence electrons. The molecule has 0 radical (unpaired) electrons. The Morgan fingerprint density at radius 2 is 1.14 bits per heavy atom. The first-order valence-electron chi connectivity index (χ1n) is 11.8. The zero-order valence-electron chi connectivity index (χ0n) is 21.0. The van der Waals surface area contributed by atoms with E-state index in [1.807, 2.05) is 23.5 Å². The molecular weight excluding hydrogens is 494 g/mol. The Morgan fingerprint density at radius 3 is 1.61 bits per heavy atom. The van der Waals surface area contributed by atoms with Crippen LogP contribution in [0.1, 0.15) is 23.4 Å². The lowest BCUT2D eigenvalue weighted by Crippen LogP contribution is -3.00. The van der Waals surface area contributed by atoms with E-state index in [9.17, 15) is 0 Å². The number of hydrogen-bond donors (Lipinski definition) is 0. The van der Waals surface area contributed by atoms with Crippen LogP contribution in [0.3, 0.4) is 0 Å². The number of halogens is 1. The molecule has 0 spiro atoms. The third kappa shape index (κ3) is 4.88. The first-order chi connectivity index (χ1) is 17.1. The number of methoxy groups -OCH3 is 4. The van der Waals surface area contributed by atoms with Crippen LogP contribution in [0, 0.1) is 0 Å². The Labute approximate surface area is 222 Å². The van der Waals surface area contributed by atoms with Gasteiger partial charge in [-0.2, -0.15) is 4.57 Å².